The molecule has 0 saturated carbocycles. The van der Waals surface area contributed by atoms with Crippen molar-refractivity contribution in [2.75, 3.05) is 23.1 Å². The molecule has 0 spiro atoms. The molecule has 150 valence electrons. The fourth-order valence-corrected chi connectivity index (χ4v) is 7.21. The molecule has 0 amide bonds. The molecule has 2 aliphatic rings. The molecule has 1 saturated heterocycles. The van der Waals surface area contributed by atoms with Crippen molar-refractivity contribution in [3.05, 3.63) is 59.2 Å². The van der Waals surface area contributed by atoms with E-state index in [2.05, 4.69) is 0 Å². The molecular formula is C20H24N2O4S2. The molecule has 1 fully saturated rings. The van der Waals surface area contributed by atoms with Crippen molar-refractivity contribution in [3.63, 3.8) is 0 Å². The maximum Gasteiger partial charge on any atom is 0.243 e. The molecule has 0 atom stereocenters. The summed E-state index contributed by atoms with van der Waals surface area (Å²) in [6.45, 7) is 2.90. The zero-order valence-corrected chi connectivity index (χ0v) is 17.5. The van der Waals surface area contributed by atoms with Crippen molar-refractivity contribution in [3.8, 4) is 0 Å². The van der Waals surface area contributed by atoms with Crippen molar-refractivity contribution in [1.29, 1.82) is 0 Å². The minimum absolute atomic E-state index is 0.103. The van der Waals surface area contributed by atoms with E-state index in [0.29, 0.717) is 43.7 Å². The lowest BCUT2D eigenvalue weighted by Crippen LogP contribution is -2.38. The summed E-state index contributed by atoms with van der Waals surface area (Å²) in [4.78, 5) is 0.185. The molecule has 2 aromatic rings. The van der Waals surface area contributed by atoms with Crippen molar-refractivity contribution in [2.24, 2.45) is 0 Å². The molecule has 0 aromatic heterocycles. The average Bonchev–Trinajstić information content (AvgIpc) is 2.68. The van der Waals surface area contributed by atoms with Crippen LogP contribution >= 0.6 is 0 Å². The lowest BCUT2D eigenvalue weighted by Gasteiger charge is -2.31. The number of fused-ring (bicyclic) bond motifs is 1. The van der Waals surface area contributed by atoms with Gasteiger partial charge in [0.1, 0.15) is 0 Å². The Hall–Kier alpha value is -1.90. The third-order valence-electron chi connectivity index (χ3n) is 5.52. The van der Waals surface area contributed by atoms with Crippen LogP contribution in [0.1, 0.15) is 29.5 Å². The van der Waals surface area contributed by atoms with E-state index in [1.807, 2.05) is 24.3 Å². The summed E-state index contributed by atoms with van der Waals surface area (Å²) in [6, 6.07) is 12.8. The number of nitrogens with zero attached hydrogens (tertiary/aromatic N) is 2. The largest absolute Gasteiger partial charge is 0.270 e. The quantitative estimate of drug-likeness (QED) is 0.765. The van der Waals surface area contributed by atoms with E-state index >= 15 is 0 Å². The molecule has 0 aliphatic carbocycles. The lowest BCUT2D eigenvalue weighted by atomic mass is 10.0. The third kappa shape index (κ3) is 3.44. The van der Waals surface area contributed by atoms with Gasteiger partial charge in [-0.3, -0.25) is 4.31 Å². The van der Waals surface area contributed by atoms with E-state index in [0.717, 1.165) is 12.0 Å². The molecule has 0 bridgehead atoms. The van der Waals surface area contributed by atoms with E-state index in [4.69, 9.17) is 0 Å². The molecule has 2 aliphatic heterocycles. The molecule has 4 rings (SSSR count). The minimum Gasteiger partial charge on any atom is -0.270 e. The number of hydrogen-bond acceptors (Lipinski definition) is 4. The number of benzene rings is 2. The van der Waals surface area contributed by atoms with Gasteiger partial charge in [-0.2, -0.15) is 4.31 Å². The lowest BCUT2D eigenvalue weighted by molar-refractivity contribution is 0.391. The van der Waals surface area contributed by atoms with E-state index in [-0.39, 0.29) is 10.6 Å². The van der Waals surface area contributed by atoms with Crippen LogP contribution in [0.2, 0.25) is 0 Å². The standard InChI is InChI=1S/C20H24N2O4S2/c1-16-8-9-19(22-11-4-5-13-27(22,23)24)14-20(16)28(25,26)21-12-10-17-6-2-3-7-18(17)15-21/h2-3,6-9,14H,4-5,10-13,15H2,1H3. The van der Waals surface area contributed by atoms with Gasteiger partial charge in [0.15, 0.2) is 0 Å². The van der Waals surface area contributed by atoms with Gasteiger partial charge < -0.3 is 0 Å². The maximum absolute atomic E-state index is 13.4. The number of aryl methyl sites for hydroxylation is 1. The van der Waals surface area contributed by atoms with Crippen molar-refractivity contribution < 1.29 is 16.8 Å². The monoisotopic (exact) mass is 420 g/mol. The van der Waals surface area contributed by atoms with Gasteiger partial charge in [-0.05, 0) is 55.0 Å². The van der Waals surface area contributed by atoms with Crippen molar-refractivity contribution >= 4 is 25.7 Å². The van der Waals surface area contributed by atoms with Crippen LogP contribution in [0, 0.1) is 6.92 Å². The highest BCUT2D eigenvalue weighted by Crippen LogP contribution is 2.31. The van der Waals surface area contributed by atoms with E-state index in [1.54, 1.807) is 19.1 Å². The zero-order valence-electron chi connectivity index (χ0n) is 15.8. The summed E-state index contributed by atoms with van der Waals surface area (Å²) < 4.78 is 54.5. The maximum atomic E-state index is 13.4. The second kappa shape index (κ2) is 7.17. The van der Waals surface area contributed by atoms with Gasteiger partial charge in [-0.15, -0.1) is 0 Å². The Morgan fingerprint density at radius 2 is 1.71 bits per heavy atom. The predicted octanol–water partition coefficient (Wildman–Crippen LogP) is 2.67. The molecule has 2 heterocycles. The molecule has 6 nitrogen and oxygen atoms in total. The second-order valence-electron chi connectivity index (χ2n) is 7.40. The molecule has 0 unspecified atom stereocenters. The highest BCUT2D eigenvalue weighted by molar-refractivity contribution is 7.92. The molecule has 8 heteroatoms. The Balaban J connectivity index is 1.70. The van der Waals surface area contributed by atoms with Crippen LogP contribution in [-0.4, -0.2) is 40.0 Å². The van der Waals surface area contributed by atoms with E-state index < -0.39 is 20.0 Å². The van der Waals surface area contributed by atoms with Crippen molar-refractivity contribution in [2.45, 2.75) is 37.6 Å². The summed E-state index contributed by atoms with van der Waals surface area (Å²) in [5, 5.41) is 0. The fraction of sp³-hybridized carbons (Fsp3) is 0.400. The van der Waals surface area contributed by atoms with Crippen LogP contribution < -0.4 is 4.31 Å². The average molecular weight is 421 g/mol. The van der Waals surface area contributed by atoms with Crippen LogP contribution in [0.15, 0.2) is 47.4 Å². The van der Waals surface area contributed by atoms with Gasteiger partial charge in [0, 0.05) is 19.6 Å². The number of sulfonamides is 2. The molecular weight excluding hydrogens is 396 g/mol. The minimum atomic E-state index is -3.72. The van der Waals surface area contributed by atoms with Crippen LogP contribution in [0.4, 0.5) is 5.69 Å². The van der Waals surface area contributed by atoms with Gasteiger partial charge >= 0.3 is 0 Å². The molecule has 28 heavy (non-hydrogen) atoms. The normalized spacial score (nSPS) is 20.0. The van der Waals surface area contributed by atoms with Gasteiger partial charge in [-0.1, -0.05) is 30.3 Å². The summed E-state index contributed by atoms with van der Waals surface area (Å²) >= 11 is 0. The van der Waals surface area contributed by atoms with Gasteiger partial charge in [0.05, 0.1) is 16.3 Å². The fourth-order valence-electron chi connectivity index (χ4n) is 3.91. The second-order valence-corrected chi connectivity index (χ2v) is 11.3. The first-order valence-electron chi connectivity index (χ1n) is 9.47. The van der Waals surface area contributed by atoms with E-state index in [9.17, 15) is 16.8 Å². The first-order chi connectivity index (χ1) is 13.3. The highest BCUT2D eigenvalue weighted by Gasteiger charge is 2.32. The summed E-state index contributed by atoms with van der Waals surface area (Å²) in [5.41, 5.74) is 3.25. The summed E-state index contributed by atoms with van der Waals surface area (Å²) in [6.07, 6.45) is 2.09. The highest BCUT2D eigenvalue weighted by atomic mass is 32.2. The third-order valence-corrected chi connectivity index (χ3v) is 9.38. The van der Waals surface area contributed by atoms with Gasteiger partial charge in [0.2, 0.25) is 20.0 Å². The smallest absolute Gasteiger partial charge is 0.243 e. The Morgan fingerprint density at radius 1 is 0.964 bits per heavy atom. The first kappa shape index (κ1) is 19.4. The number of hydrogen-bond donors (Lipinski definition) is 0. The first-order valence-corrected chi connectivity index (χ1v) is 12.5. The van der Waals surface area contributed by atoms with Crippen molar-refractivity contribution in [1.82, 2.24) is 4.31 Å². The summed E-state index contributed by atoms with van der Waals surface area (Å²) in [5.74, 6) is 0.103. The Labute approximate surface area is 166 Å². The predicted molar refractivity (Wildman–Crippen MR) is 109 cm³/mol. The molecule has 0 N–H and O–H groups in total. The number of rotatable bonds is 3. The van der Waals surface area contributed by atoms with Crippen LogP contribution in [-0.2, 0) is 33.0 Å². The Morgan fingerprint density at radius 3 is 2.46 bits per heavy atom. The SMILES string of the molecule is Cc1ccc(N2CCCCS2(=O)=O)cc1S(=O)(=O)N1CCc2ccccc2C1. The Kier molecular flexibility index (Phi) is 4.97. The van der Waals surface area contributed by atoms with Gasteiger partial charge in [0.25, 0.3) is 0 Å². The number of anilines is 1. The Bertz CT molecular complexity index is 1110. The topological polar surface area (TPSA) is 74.8 Å². The molecule has 0 radical (unpaired) electrons. The van der Waals surface area contributed by atoms with Crippen LogP contribution in [0.25, 0.3) is 0 Å². The van der Waals surface area contributed by atoms with E-state index in [1.165, 1.54) is 20.2 Å². The van der Waals surface area contributed by atoms with Crippen LogP contribution in [0.3, 0.4) is 0 Å². The summed E-state index contributed by atoms with van der Waals surface area (Å²) in [7, 11) is -7.11. The van der Waals surface area contributed by atoms with Gasteiger partial charge in [-0.25, -0.2) is 16.8 Å². The van der Waals surface area contributed by atoms with Crippen LogP contribution in [0.5, 0.6) is 0 Å². The zero-order chi connectivity index (χ0) is 19.9. The molecule has 2 aromatic carbocycles.